The summed E-state index contributed by atoms with van der Waals surface area (Å²) in [5.41, 5.74) is 2.65. The fourth-order valence-corrected chi connectivity index (χ4v) is 4.28. The van der Waals surface area contributed by atoms with Gasteiger partial charge in [0, 0.05) is 11.4 Å². The van der Waals surface area contributed by atoms with Crippen molar-refractivity contribution in [1.29, 1.82) is 0 Å². The summed E-state index contributed by atoms with van der Waals surface area (Å²) in [5, 5.41) is 1.98. The van der Waals surface area contributed by atoms with E-state index in [0.29, 0.717) is 32.4 Å². The normalized spacial score (nSPS) is 11.6. The van der Waals surface area contributed by atoms with Crippen molar-refractivity contribution < 1.29 is 0 Å². The zero-order valence-electron chi connectivity index (χ0n) is 14.1. The van der Waals surface area contributed by atoms with E-state index in [9.17, 15) is 9.59 Å². The maximum absolute atomic E-state index is 12.2. The number of hydrogen-bond acceptors (Lipinski definition) is 6. The van der Waals surface area contributed by atoms with E-state index in [1.165, 1.54) is 21.6 Å². The summed E-state index contributed by atoms with van der Waals surface area (Å²) >= 11 is 0. The molecule has 4 aromatic rings. The number of aryl methyl sites for hydroxylation is 2. The predicted molar refractivity (Wildman–Crippen MR) is 104 cm³/mol. The highest BCUT2D eigenvalue weighted by atomic mass is 33.1. The van der Waals surface area contributed by atoms with Crippen LogP contribution >= 0.6 is 21.6 Å². The average molecular weight is 388 g/mol. The first-order valence-electron chi connectivity index (χ1n) is 8.15. The molecule has 0 aliphatic rings. The molecule has 0 radical (unpaired) electrons. The Bertz CT molecular complexity index is 1120. The molecule has 0 unspecified atom stereocenters. The predicted octanol–water partition coefficient (Wildman–Crippen LogP) is 2.74. The largest absolute Gasteiger partial charge is 0.343 e. The summed E-state index contributed by atoms with van der Waals surface area (Å²) < 4.78 is 0. The van der Waals surface area contributed by atoms with E-state index in [-0.39, 0.29) is 11.1 Å². The van der Waals surface area contributed by atoms with Gasteiger partial charge in [0.05, 0.1) is 10.8 Å². The fraction of sp³-hybridized carbons (Fsp3) is 0.250. The van der Waals surface area contributed by atoms with Crippen molar-refractivity contribution >= 4 is 43.7 Å². The summed E-state index contributed by atoms with van der Waals surface area (Å²) in [6, 6.07) is 3.62. The smallest absolute Gasteiger partial charge is 0.261 e. The molecule has 0 saturated heterocycles. The first kappa shape index (κ1) is 17.0. The lowest BCUT2D eigenvalue weighted by Crippen LogP contribution is -2.08. The van der Waals surface area contributed by atoms with E-state index in [0.717, 1.165) is 24.2 Å². The Kier molecular flexibility index (Phi) is 4.37. The van der Waals surface area contributed by atoms with Gasteiger partial charge in [0.25, 0.3) is 11.1 Å². The van der Waals surface area contributed by atoms with Gasteiger partial charge in [-0.05, 0) is 46.6 Å². The molecular formula is C16H16N6O2S2. The van der Waals surface area contributed by atoms with Crippen molar-refractivity contribution in [3.8, 4) is 0 Å². The van der Waals surface area contributed by atoms with Gasteiger partial charge in [0.2, 0.25) is 0 Å². The molecular weight excluding hydrogens is 372 g/mol. The van der Waals surface area contributed by atoms with Crippen LogP contribution in [-0.4, -0.2) is 29.9 Å². The lowest BCUT2D eigenvalue weighted by molar-refractivity contribution is 0.962. The minimum atomic E-state index is -0.192. The van der Waals surface area contributed by atoms with Crippen molar-refractivity contribution in [2.75, 3.05) is 0 Å². The quantitative estimate of drug-likeness (QED) is 0.308. The molecule has 0 amide bonds. The van der Waals surface area contributed by atoms with Crippen molar-refractivity contribution in [1.82, 2.24) is 29.9 Å². The van der Waals surface area contributed by atoms with E-state index in [1.807, 2.05) is 26.0 Å². The van der Waals surface area contributed by atoms with Gasteiger partial charge in [-0.3, -0.25) is 9.59 Å². The standard InChI is InChI=1S/C16H16N6O2S2/c1-3-7-5-9-11(17-7)19-15(21-13(9)23)25-26-16-20-12-10(14(24)22-16)6-8(4-2)18-12/h5-6H,3-4H2,1-2H3,(H2,17,19,21,23)(H2,18,20,22,24). The summed E-state index contributed by atoms with van der Waals surface area (Å²) in [4.78, 5) is 45.0. The van der Waals surface area contributed by atoms with Crippen LogP contribution in [0.2, 0.25) is 0 Å². The summed E-state index contributed by atoms with van der Waals surface area (Å²) in [5.74, 6) is 0. The Hall–Kier alpha value is -2.46. The second-order valence-electron chi connectivity index (χ2n) is 5.73. The van der Waals surface area contributed by atoms with Crippen LogP contribution in [0.15, 0.2) is 32.0 Å². The van der Waals surface area contributed by atoms with Crippen molar-refractivity contribution in [3.05, 3.63) is 44.2 Å². The molecule has 134 valence electrons. The van der Waals surface area contributed by atoms with Crippen LogP contribution in [-0.2, 0) is 12.8 Å². The van der Waals surface area contributed by atoms with E-state index in [2.05, 4.69) is 29.9 Å². The molecule has 4 rings (SSSR count). The molecule has 0 atom stereocenters. The molecule has 10 heteroatoms. The zero-order valence-corrected chi connectivity index (χ0v) is 15.7. The van der Waals surface area contributed by atoms with E-state index >= 15 is 0 Å². The molecule has 0 saturated carbocycles. The fourth-order valence-electron chi connectivity index (χ4n) is 2.65. The first-order chi connectivity index (χ1) is 12.6. The number of H-pyrrole nitrogens is 4. The number of aromatic nitrogens is 6. The third-order valence-corrected chi connectivity index (χ3v) is 6.01. The molecule has 4 aromatic heterocycles. The molecule has 0 spiro atoms. The summed E-state index contributed by atoms with van der Waals surface area (Å²) in [7, 11) is 2.47. The van der Waals surface area contributed by atoms with Gasteiger partial charge >= 0.3 is 0 Å². The number of hydrogen-bond donors (Lipinski definition) is 4. The third kappa shape index (κ3) is 3.06. The minimum absolute atomic E-state index is 0.192. The van der Waals surface area contributed by atoms with Crippen LogP contribution < -0.4 is 11.1 Å². The van der Waals surface area contributed by atoms with E-state index < -0.39 is 0 Å². The van der Waals surface area contributed by atoms with Gasteiger partial charge < -0.3 is 19.9 Å². The molecule has 4 heterocycles. The first-order valence-corrected chi connectivity index (χ1v) is 10.3. The minimum Gasteiger partial charge on any atom is -0.343 e. The van der Waals surface area contributed by atoms with Crippen molar-refractivity contribution in [3.63, 3.8) is 0 Å². The van der Waals surface area contributed by atoms with Crippen LogP contribution in [0.4, 0.5) is 0 Å². The number of fused-ring (bicyclic) bond motifs is 2. The molecule has 0 fully saturated rings. The molecule has 0 aliphatic carbocycles. The molecule has 0 aromatic carbocycles. The summed E-state index contributed by atoms with van der Waals surface area (Å²) in [6.45, 7) is 4.01. The SMILES string of the molecule is CCc1cc2c(=O)[nH]c(SSc3nc4[nH]c(CC)cc4c(=O)[nH]3)nc2[nH]1. The second-order valence-corrected chi connectivity index (χ2v) is 7.84. The van der Waals surface area contributed by atoms with Gasteiger partial charge in [-0.15, -0.1) is 0 Å². The number of rotatable bonds is 5. The molecule has 8 nitrogen and oxygen atoms in total. The van der Waals surface area contributed by atoms with E-state index in [4.69, 9.17) is 0 Å². The molecule has 26 heavy (non-hydrogen) atoms. The zero-order chi connectivity index (χ0) is 18.3. The van der Waals surface area contributed by atoms with Gasteiger partial charge in [0.1, 0.15) is 11.3 Å². The maximum atomic E-state index is 12.2. The molecule has 0 bridgehead atoms. The maximum Gasteiger partial charge on any atom is 0.261 e. The average Bonchev–Trinajstić information content (AvgIpc) is 3.24. The van der Waals surface area contributed by atoms with Gasteiger partial charge in [0.15, 0.2) is 10.3 Å². The van der Waals surface area contributed by atoms with Crippen LogP contribution in [0, 0.1) is 0 Å². The highest BCUT2D eigenvalue weighted by Gasteiger charge is 2.11. The Morgan fingerprint density at radius 1 is 0.769 bits per heavy atom. The van der Waals surface area contributed by atoms with Gasteiger partial charge in [-0.1, -0.05) is 13.8 Å². The lowest BCUT2D eigenvalue weighted by Gasteiger charge is -2.00. The number of aromatic amines is 4. The van der Waals surface area contributed by atoms with Gasteiger partial charge in [-0.25, -0.2) is 9.97 Å². The number of nitrogens with zero attached hydrogens (tertiary/aromatic N) is 2. The Labute approximate surface area is 155 Å². The highest BCUT2D eigenvalue weighted by molar-refractivity contribution is 8.76. The summed E-state index contributed by atoms with van der Waals surface area (Å²) in [6.07, 6.45) is 1.60. The van der Waals surface area contributed by atoms with Gasteiger partial charge in [-0.2, -0.15) is 0 Å². The van der Waals surface area contributed by atoms with Crippen LogP contribution in [0.5, 0.6) is 0 Å². The Balaban J connectivity index is 1.62. The second kappa shape index (κ2) is 6.69. The molecule has 0 aliphatic heterocycles. The number of nitrogens with one attached hydrogen (secondary N) is 4. The van der Waals surface area contributed by atoms with Crippen molar-refractivity contribution in [2.45, 2.75) is 37.0 Å². The Morgan fingerprint density at radius 3 is 1.58 bits per heavy atom. The van der Waals surface area contributed by atoms with E-state index in [1.54, 1.807) is 0 Å². The monoisotopic (exact) mass is 388 g/mol. The van der Waals surface area contributed by atoms with Crippen LogP contribution in [0.3, 0.4) is 0 Å². The third-order valence-electron chi connectivity index (χ3n) is 4.02. The van der Waals surface area contributed by atoms with Crippen molar-refractivity contribution in [2.24, 2.45) is 0 Å². The molecule has 4 N–H and O–H groups in total. The Morgan fingerprint density at radius 2 is 1.19 bits per heavy atom. The topological polar surface area (TPSA) is 123 Å². The highest BCUT2D eigenvalue weighted by Crippen LogP contribution is 2.33. The van der Waals surface area contributed by atoms with Crippen LogP contribution in [0.25, 0.3) is 22.1 Å². The van der Waals surface area contributed by atoms with Crippen LogP contribution in [0.1, 0.15) is 25.2 Å². The lowest BCUT2D eigenvalue weighted by atomic mass is 10.3.